The van der Waals surface area contributed by atoms with Crippen LogP contribution < -0.4 is 5.46 Å². The number of aliphatic carboxylic acids is 1. The molecule has 0 aromatic heterocycles. The molecule has 0 radical (unpaired) electrons. The summed E-state index contributed by atoms with van der Waals surface area (Å²) in [6.45, 7) is 0. The first kappa shape index (κ1) is 10.2. The molecule has 5 heteroatoms. The van der Waals surface area contributed by atoms with Gasteiger partial charge in [0.2, 0.25) is 0 Å². The minimum absolute atomic E-state index is 0.289. The predicted molar refractivity (Wildman–Crippen MR) is 54.8 cm³/mol. The fourth-order valence-corrected chi connectivity index (χ4v) is 1.88. The van der Waals surface area contributed by atoms with Crippen molar-refractivity contribution in [2.24, 2.45) is 0 Å². The highest BCUT2D eigenvalue weighted by Crippen LogP contribution is 2.47. The summed E-state index contributed by atoms with van der Waals surface area (Å²) in [7, 11) is -1.61. The maximum Gasteiger partial charge on any atom is 0.488 e. The number of carboxylic acids is 1. The molecule has 0 spiro atoms. The third-order valence-corrected chi connectivity index (χ3v) is 2.91. The van der Waals surface area contributed by atoms with Crippen molar-refractivity contribution in [3.05, 3.63) is 29.8 Å². The van der Waals surface area contributed by atoms with Crippen molar-refractivity contribution in [3.63, 3.8) is 0 Å². The lowest BCUT2D eigenvalue weighted by molar-refractivity contribution is -0.140. The number of hydrogen-bond acceptors (Lipinski definition) is 3. The molecule has 78 valence electrons. The quantitative estimate of drug-likeness (QED) is 0.581. The molecule has 1 aliphatic carbocycles. The second kappa shape index (κ2) is 3.36. The lowest BCUT2D eigenvalue weighted by Gasteiger charge is -2.14. The standard InChI is InChI=1S/C10H11BO4/c12-9(13)10(5-6-10)7-3-1-2-4-8(7)11(14)15/h1-4,14-15H,5-6H2,(H,12,13). The van der Waals surface area contributed by atoms with Crippen LogP contribution in [0.25, 0.3) is 0 Å². The fraction of sp³-hybridized carbons (Fsp3) is 0.300. The predicted octanol–water partition coefficient (Wildman–Crippen LogP) is -0.517. The van der Waals surface area contributed by atoms with Crippen molar-refractivity contribution in [3.8, 4) is 0 Å². The molecule has 15 heavy (non-hydrogen) atoms. The third-order valence-electron chi connectivity index (χ3n) is 2.91. The summed E-state index contributed by atoms with van der Waals surface area (Å²) in [5.74, 6) is -0.893. The largest absolute Gasteiger partial charge is 0.488 e. The lowest BCUT2D eigenvalue weighted by Crippen LogP contribution is -2.37. The molecule has 0 bridgehead atoms. The van der Waals surface area contributed by atoms with Crippen LogP contribution in [0.2, 0.25) is 0 Å². The van der Waals surface area contributed by atoms with E-state index in [9.17, 15) is 4.79 Å². The Hall–Kier alpha value is -1.33. The van der Waals surface area contributed by atoms with Gasteiger partial charge in [-0.15, -0.1) is 0 Å². The van der Waals surface area contributed by atoms with E-state index in [0.29, 0.717) is 18.4 Å². The monoisotopic (exact) mass is 206 g/mol. The van der Waals surface area contributed by atoms with Crippen LogP contribution in [-0.2, 0) is 10.2 Å². The van der Waals surface area contributed by atoms with Gasteiger partial charge < -0.3 is 15.2 Å². The summed E-state index contributed by atoms with van der Waals surface area (Å²) in [6, 6.07) is 6.57. The SMILES string of the molecule is O=C(O)C1(c2ccccc2B(O)O)CC1. The number of benzene rings is 1. The van der Waals surface area contributed by atoms with Gasteiger partial charge in [-0.25, -0.2) is 0 Å². The van der Waals surface area contributed by atoms with E-state index < -0.39 is 18.5 Å². The normalized spacial score (nSPS) is 17.2. The van der Waals surface area contributed by atoms with E-state index in [4.69, 9.17) is 15.2 Å². The molecular formula is C10H11BO4. The highest BCUT2D eigenvalue weighted by Gasteiger charge is 2.53. The van der Waals surface area contributed by atoms with Gasteiger partial charge in [0.15, 0.2) is 0 Å². The number of carboxylic acid groups (broad SMARTS) is 1. The molecule has 0 heterocycles. The molecule has 1 aliphatic rings. The third kappa shape index (κ3) is 1.54. The van der Waals surface area contributed by atoms with Crippen LogP contribution in [0.4, 0.5) is 0 Å². The van der Waals surface area contributed by atoms with Crippen LogP contribution in [0.5, 0.6) is 0 Å². The molecular weight excluding hydrogens is 195 g/mol. The van der Waals surface area contributed by atoms with E-state index in [0.717, 1.165) is 0 Å². The first-order chi connectivity index (χ1) is 7.08. The number of carbonyl (C=O) groups is 1. The fourth-order valence-electron chi connectivity index (χ4n) is 1.88. The van der Waals surface area contributed by atoms with Crippen molar-refractivity contribution >= 4 is 18.6 Å². The Morgan fingerprint density at radius 2 is 1.87 bits per heavy atom. The highest BCUT2D eigenvalue weighted by molar-refractivity contribution is 6.59. The van der Waals surface area contributed by atoms with E-state index in [-0.39, 0.29) is 5.46 Å². The Labute approximate surface area is 87.3 Å². The maximum atomic E-state index is 11.1. The first-order valence-electron chi connectivity index (χ1n) is 4.77. The van der Waals surface area contributed by atoms with Crippen molar-refractivity contribution < 1.29 is 19.9 Å². The van der Waals surface area contributed by atoms with Crippen molar-refractivity contribution in [1.82, 2.24) is 0 Å². The van der Waals surface area contributed by atoms with Gasteiger partial charge in [-0.3, -0.25) is 4.79 Å². The molecule has 1 aromatic carbocycles. The Morgan fingerprint density at radius 1 is 1.27 bits per heavy atom. The van der Waals surface area contributed by atoms with Gasteiger partial charge in [0.1, 0.15) is 0 Å². The molecule has 0 saturated heterocycles. The molecule has 1 aromatic rings. The van der Waals surface area contributed by atoms with E-state index in [2.05, 4.69) is 0 Å². The Bertz CT molecular complexity index is 398. The number of hydrogen-bond donors (Lipinski definition) is 3. The summed E-state index contributed by atoms with van der Waals surface area (Å²) >= 11 is 0. The van der Waals surface area contributed by atoms with E-state index in [1.54, 1.807) is 24.3 Å². The smallest absolute Gasteiger partial charge is 0.481 e. The van der Waals surface area contributed by atoms with E-state index in [1.807, 2.05) is 0 Å². The molecule has 1 fully saturated rings. The summed E-state index contributed by atoms with van der Waals surface area (Å²) in [5.41, 5.74) is -0.0785. The molecule has 0 amide bonds. The summed E-state index contributed by atoms with van der Waals surface area (Å²) in [5, 5.41) is 27.4. The van der Waals surface area contributed by atoms with Crippen LogP contribution in [0.3, 0.4) is 0 Å². The van der Waals surface area contributed by atoms with Crippen molar-refractivity contribution in [1.29, 1.82) is 0 Å². The highest BCUT2D eigenvalue weighted by atomic mass is 16.4. The van der Waals surface area contributed by atoms with Crippen LogP contribution >= 0.6 is 0 Å². The van der Waals surface area contributed by atoms with Crippen molar-refractivity contribution in [2.75, 3.05) is 0 Å². The van der Waals surface area contributed by atoms with Crippen LogP contribution in [0.1, 0.15) is 18.4 Å². The molecule has 0 atom stereocenters. The second-order valence-electron chi connectivity index (χ2n) is 3.85. The topological polar surface area (TPSA) is 77.8 Å². The van der Waals surface area contributed by atoms with Gasteiger partial charge >= 0.3 is 13.1 Å². The Balaban J connectivity index is 2.49. The van der Waals surface area contributed by atoms with Gasteiger partial charge in [0.05, 0.1) is 5.41 Å². The van der Waals surface area contributed by atoms with E-state index >= 15 is 0 Å². The van der Waals surface area contributed by atoms with Crippen molar-refractivity contribution in [2.45, 2.75) is 18.3 Å². The molecule has 0 unspecified atom stereocenters. The van der Waals surface area contributed by atoms with Gasteiger partial charge in [-0.1, -0.05) is 24.3 Å². The minimum atomic E-state index is -1.61. The first-order valence-corrected chi connectivity index (χ1v) is 4.77. The zero-order valence-corrected chi connectivity index (χ0v) is 8.05. The van der Waals surface area contributed by atoms with Gasteiger partial charge in [-0.05, 0) is 23.9 Å². The molecule has 3 N–H and O–H groups in total. The van der Waals surface area contributed by atoms with Gasteiger partial charge in [-0.2, -0.15) is 0 Å². The second-order valence-corrected chi connectivity index (χ2v) is 3.85. The van der Waals surface area contributed by atoms with Crippen LogP contribution in [-0.4, -0.2) is 28.2 Å². The van der Waals surface area contributed by atoms with Crippen LogP contribution in [0.15, 0.2) is 24.3 Å². The molecule has 1 saturated carbocycles. The lowest BCUT2D eigenvalue weighted by atomic mass is 9.73. The van der Waals surface area contributed by atoms with Gasteiger partial charge in [0.25, 0.3) is 0 Å². The average Bonchev–Trinajstić information content (AvgIpc) is 2.98. The number of rotatable bonds is 3. The maximum absolute atomic E-state index is 11.1. The van der Waals surface area contributed by atoms with E-state index in [1.165, 1.54) is 0 Å². The zero-order valence-electron chi connectivity index (χ0n) is 8.05. The Morgan fingerprint density at radius 3 is 2.33 bits per heavy atom. The summed E-state index contributed by atoms with van der Waals surface area (Å²) in [6.07, 6.45) is 1.12. The zero-order chi connectivity index (χ0) is 11.1. The van der Waals surface area contributed by atoms with Crippen LogP contribution in [0, 0.1) is 0 Å². The summed E-state index contributed by atoms with van der Waals surface area (Å²) in [4.78, 5) is 11.1. The Kier molecular flexibility index (Phi) is 2.29. The van der Waals surface area contributed by atoms with Gasteiger partial charge in [0, 0.05) is 0 Å². The molecule has 2 rings (SSSR count). The average molecular weight is 206 g/mol. The summed E-state index contributed by atoms with van der Waals surface area (Å²) < 4.78 is 0. The molecule has 0 aliphatic heterocycles. The minimum Gasteiger partial charge on any atom is -0.481 e. The molecule has 4 nitrogen and oxygen atoms in total.